The maximum Gasteiger partial charge on any atom is 0.0642 e. The molecule has 16 heavy (non-hydrogen) atoms. The molecule has 4 nitrogen and oxygen atoms in total. The number of nitrogens with zero attached hydrogens (tertiary/aromatic N) is 1. The lowest BCUT2D eigenvalue weighted by Crippen LogP contribution is -2.29. The van der Waals surface area contributed by atoms with E-state index in [1.54, 1.807) is 6.07 Å². The van der Waals surface area contributed by atoms with Gasteiger partial charge in [-0.25, -0.2) is 0 Å². The fourth-order valence-electron chi connectivity index (χ4n) is 1.53. The number of hydrogen-bond donors (Lipinski definition) is 3. The molecule has 0 amide bonds. The van der Waals surface area contributed by atoms with Gasteiger partial charge >= 0.3 is 0 Å². The molecular formula is C11H17ClN2O2. The van der Waals surface area contributed by atoms with Gasteiger partial charge in [0.05, 0.1) is 23.9 Å². The highest BCUT2D eigenvalue weighted by Gasteiger charge is 2.09. The van der Waals surface area contributed by atoms with E-state index in [2.05, 4.69) is 0 Å². The molecule has 0 aliphatic heterocycles. The summed E-state index contributed by atoms with van der Waals surface area (Å²) >= 11 is 6.11. The lowest BCUT2D eigenvalue weighted by atomic mass is 10.2. The first-order valence-corrected chi connectivity index (χ1v) is 5.56. The van der Waals surface area contributed by atoms with E-state index >= 15 is 0 Å². The Morgan fingerprint density at radius 1 is 1.19 bits per heavy atom. The van der Waals surface area contributed by atoms with Crippen molar-refractivity contribution in [3.63, 3.8) is 0 Å². The minimum absolute atomic E-state index is 0.0228. The highest BCUT2D eigenvalue weighted by atomic mass is 35.5. The Morgan fingerprint density at radius 3 is 2.25 bits per heavy atom. The van der Waals surface area contributed by atoms with Crippen molar-refractivity contribution in [3.05, 3.63) is 28.8 Å². The zero-order valence-corrected chi connectivity index (χ0v) is 9.82. The summed E-state index contributed by atoms with van der Waals surface area (Å²) in [4.78, 5) is 1.84. The molecule has 4 N–H and O–H groups in total. The van der Waals surface area contributed by atoms with Crippen LogP contribution in [-0.4, -0.2) is 36.5 Å². The number of halogens is 1. The van der Waals surface area contributed by atoms with Gasteiger partial charge in [-0.2, -0.15) is 0 Å². The van der Waals surface area contributed by atoms with E-state index < -0.39 is 0 Å². The second kappa shape index (κ2) is 6.70. The molecule has 0 fully saturated rings. The standard InChI is InChI=1S/C11H17ClN2O2/c12-10-7-9(8-13)1-2-11(10)14(3-5-15)4-6-16/h1-2,7,15-16H,3-6,8,13H2. The molecule has 0 saturated heterocycles. The predicted octanol–water partition coefficient (Wildman–Crippen LogP) is 0.590. The smallest absolute Gasteiger partial charge is 0.0642 e. The average Bonchev–Trinajstić information content (AvgIpc) is 2.29. The molecule has 0 atom stereocenters. The molecule has 90 valence electrons. The number of aliphatic hydroxyl groups is 2. The van der Waals surface area contributed by atoms with Gasteiger partial charge in [-0.1, -0.05) is 17.7 Å². The molecular weight excluding hydrogens is 228 g/mol. The van der Waals surface area contributed by atoms with Crippen LogP contribution in [0.4, 0.5) is 5.69 Å². The summed E-state index contributed by atoms with van der Waals surface area (Å²) in [7, 11) is 0. The molecule has 1 rings (SSSR count). The van der Waals surface area contributed by atoms with Gasteiger partial charge in [0, 0.05) is 19.6 Å². The van der Waals surface area contributed by atoms with Crippen molar-refractivity contribution in [1.29, 1.82) is 0 Å². The maximum absolute atomic E-state index is 8.93. The molecule has 1 aromatic rings. The van der Waals surface area contributed by atoms with Crippen LogP contribution in [0.15, 0.2) is 18.2 Å². The number of hydrogen-bond acceptors (Lipinski definition) is 4. The number of aliphatic hydroxyl groups excluding tert-OH is 2. The Hall–Kier alpha value is -0.810. The summed E-state index contributed by atoms with van der Waals surface area (Å²) in [5, 5.41) is 18.4. The highest BCUT2D eigenvalue weighted by Crippen LogP contribution is 2.26. The van der Waals surface area contributed by atoms with E-state index in [4.69, 9.17) is 27.5 Å². The molecule has 0 aliphatic rings. The molecule has 0 heterocycles. The SMILES string of the molecule is NCc1ccc(N(CCO)CCO)c(Cl)c1. The second-order valence-corrected chi connectivity index (χ2v) is 3.83. The van der Waals surface area contributed by atoms with Crippen molar-refractivity contribution in [3.8, 4) is 0 Å². The molecule has 0 radical (unpaired) electrons. The van der Waals surface area contributed by atoms with Crippen LogP contribution in [0.2, 0.25) is 5.02 Å². The highest BCUT2D eigenvalue weighted by molar-refractivity contribution is 6.33. The number of benzene rings is 1. The Labute approximate surface area is 100 Å². The van der Waals surface area contributed by atoms with Crippen LogP contribution in [0.1, 0.15) is 5.56 Å². The van der Waals surface area contributed by atoms with Gasteiger partial charge < -0.3 is 20.8 Å². The Kier molecular flexibility index (Phi) is 5.55. The fraction of sp³-hybridized carbons (Fsp3) is 0.455. The Morgan fingerprint density at radius 2 is 1.81 bits per heavy atom. The van der Waals surface area contributed by atoms with Crippen LogP contribution in [0.3, 0.4) is 0 Å². The van der Waals surface area contributed by atoms with Crippen LogP contribution in [0.25, 0.3) is 0 Å². The van der Waals surface area contributed by atoms with Crippen LogP contribution >= 0.6 is 11.6 Å². The summed E-state index contributed by atoms with van der Waals surface area (Å²) in [6, 6.07) is 5.55. The number of nitrogens with two attached hydrogens (primary N) is 1. The van der Waals surface area contributed by atoms with Gasteiger partial charge in [0.2, 0.25) is 0 Å². The largest absolute Gasteiger partial charge is 0.395 e. The monoisotopic (exact) mass is 244 g/mol. The van der Waals surface area contributed by atoms with Crippen molar-refractivity contribution >= 4 is 17.3 Å². The Balaban J connectivity index is 2.90. The summed E-state index contributed by atoms with van der Waals surface area (Å²) in [5.41, 5.74) is 7.28. The lowest BCUT2D eigenvalue weighted by molar-refractivity contribution is 0.281. The van der Waals surface area contributed by atoms with E-state index in [9.17, 15) is 0 Å². The number of anilines is 1. The summed E-state index contributed by atoms with van der Waals surface area (Å²) in [6.45, 7) is 1.38. The predicted molar refractivity (Wildman–Crippen MR) is 65.7 cm³/mol. The first kappa shape index (κ1) is 13.3. The van der Waals surface area contributed by atoms with Crippen molar-refractivity contribution in [2.75, 3.05) is 31.2 Å². The summed E-state index contributed by atoms with van der Waals surface area (Å²) in [5.74, 6) is 0. The van der Waals surface area contributed by atoms with Crippen LogP contribution in [0.5, 0.6) is 0 Å². The average molecular weight is 245 g/mol. The normalized spacial score (nSPS) is 10.5. The summed E-state index contributed by atoms with van der Waals surface area (Å²) in [6.07, 6.45) is 0. The molecule has 0 saturated carbocycles. The van der Waals surface area contributed by atoms with Gasteiger partial charge in [-0.05, 0) is 17.7 Å². The van der Waals surface area contributed by atoms with Crippen LogP contribution < -0.4 is 10.6 Å². The molecule has 0 unspecified atom stereocenters. The van der Waals surface area contributed by atoms with Gasteiger partial charge in [0.25, 0.3) is 0 Å². The first-order valence-electron chi connectivity index (χ1n) is 5.18. The maximum atomic E-state index is 8.93. The van der Waals surface area contributed by atoms with Gasteiger partial charge in [0.15, 0.2) is 0 Å². The van der Waals surface area contributed by atoms with Crippen molar-refractivity contribution in [1.82, 2.24) is 0 Å². The van der Waals surface area contributed by atoms with Gasteiger partial charge in [0.1, 0.15) is 0 Å². The third kappa shape index (κ3) is 3.35. The number of rotatable bonds is 6. The third-order valence-corrected chi connectivity index (χ3v) is 2.63. The fourth-order valence-corrected chi connectivity index (χ4v) is 1.85. The van der Waals surface area contributed by atoms with Gasteiger partial charge in [-0.3, -0.25) is 0 Å². The second-order valence-electron chi connectivity index (χ2n) is 3.42. The zero-order valence-electron chi connectivity index (χ0n) is 9.06. The van der Waals surface area contributed by atoms with E-state index in [0.29, 0.717) is 24.7 Å². The van der Waals surface area contributed by atoms with Crippen molar-refractivity contribution in [2.45, 2.75) is 6.54 Å². The Bertz CT molecular complexity index is 328. The summed E-state index contributed by atoms with van der Waals surface area (Å²) < 4.78 is 0. The minimum Gasteiger partial charge on any atom is -0.395 e. The van der Waals surface area contributed by atoms with Gasteiger partial charge in [-0.15, -0.1) is 0 Å². The van der Waals surface area contributed by atoms with E-state index in [0.717, 1.165) is 11.3 Å². The van der Waals surface area contributed by atoms with E-state index in [1.165, 1.54) is 0 Å². The molecule has 0 spiro atoms. The van der Waals surface area contributed by atoms with Crippen molar-refractivity contribution < 1.29 is 10.2 Å². The topological polar surface area (TPSA) is 69.7 Å². The van der Waals surface area contributed by atoms with Crippen LogP contribution in [0, 0.1) is 0 Å². The molecule has 1 aromatic carbocycles. The quantitative estimate of drug-likeness (QED) is 0.685. The third-order valence-electron chi connectivity index (χ3n) is 2.33. The first-order chi connectivity index (χ1) is 7.72. The van der Waals surface area contributed by atoms with Crippen LogP contribution in [-0.2, 0) is 6.54 Å². The van der Waals surface area contributed by atoms with E-state index in [1.807, 2.05) is 17.0 Å². The zero-order chi connectivity index (χ0) is 12.0. The lowest BCUT2D eigenvalue weighted by Gasteiger charge is -2.24. The van der Waals surface area contributed by atoms with E-state index in [-0.39, 0.29) is 13.2 Å². The molecule has 0 aromatic heterocycles. The molecule has 0 aliphatic carbocycles. The molecule has 5 heteroatoms. The van der Waals surface area contributed by atoms with Crippen molar-refractivity contribution in [2.24, 2.45) is 5.73 Å². The molecule has 0 bridgehead atoms. The minimum atomic E-state index is 0.0228.